The largest absolute Gasteiger partial charge is 0.339 e. The number of anilines is 1. The van der Waals surface area contributed by atoms with Crippen LogP contribution in [0.5, 0.6) is 0 Å². The third-order valence-corrected chi connectivity index (χ3v) is 2.52. The first kappa shape index (κ1) is 12.6. The van der Waals surface area contributed by atoms with Crippen molar-refractivity contribution in [2.75, 3.05) is 5.32 Å². The van der Waals surface area contributed by atoms with Crippen molar-refractivity contribution in [3.05, 3.63) is 41.0 Å². The van der Waals surface area contributed by atoms with Crippen molar-refractivity contribution in [3.63, 3.8) is 0 Å². The molecular formula is C12H12ClN3O2. The lowest BCUT2D eigenvalue weighted by Crippen LogP contribution is -2.12. The van der Waals surface area contributed by atoms with E-state index in [2.05, 4.69) is 15.5 Å². The Hall–Kier alpha value is -1.88. The van der Waals surface area contributed by atoms with E-state index in [1.165, 1.54) is 0 Å². The number of halogens is 1. The SMILES string of the molecule is Cc1noc(CCC(=O)Nc2ccc(Cl)cc2)n1. The molecule has 0 spiro atoms. The van der Waals surface area contributed by atoms with Gasteiger partial charge in [0.1, 0.15) is 0 Å². The summed E-state index contributed by atoms with van der Waals surface area (Å²) in [4.78, 5) is 15.7. The molecule has 1 amide bonds. The fourth-order valence-electron chi connectivity index (χ4n) is 1.42. The molecule has 18 heavy (non-hydrogen) atoms. The molecule has 2 rings (SSSR count). The molecule has 6 heteroatoms. The average molecular weight is 266 g/mol. The fourth-order valence-corrected chi connectivity index (χ4v) is 1.54. The van der Waals surface area contributed by atoms with Crippen molar-refractivity contribution >= 4 is 23.2 Å². The van der Waals surface area contributed by atoms with Crippen LogP contribution < -0.4 is 5.32 Å². The van der Waals surface area contributed by atoms with Gasteiger partial charge in [-0.3, -0.25) is 4.79 Å². The molecule has 94 valence electrons. The van der Waals surface area contributed by atoms with Crippen molar-refractivity contribution in [1.29, 1.82) is 0 Å². The topological polar surface area (TPSA) is 68.0 Å². The first-order valence-electron chi connectivity index (χ1n) is 5.48. The Morgan fingerprint density at radius 1 is 1.39 bits per heavy atom. The molecule has 0 saturated heterocycles. The quantitative estimate of drug-likeness (QED) is 0.923. The Bertz CT molecular complexity index is 537. The standard InChI is InChI=1S/C12H12ClN3O2/c1-8-14-12(18-16-8)7-6-11(17)15-10-4-2-9(13)3-5-10/h2-5H,6-7H2,1H3,(H,15,17). The molecule has 1 aromatic carbocycles. The number of nitrogens with zero attached hydrogens (tertiary/aromatic N) is 2. The van der Waals surface area contributed by atoms with E-state index in [1.807, 2.05) is 0 Å². The van der Waals surface area contributed by atoms with Gasteiger partial charge in [0, 0.05) is 23.6 Å². The van der Waals surface area contributed by atoms with Crippen molar-refractivity contribution in [2.24, 2.45) is 0 Å². The molecule has 0 fully saturated rings. The summed E-state index contributed by atoms with van der Waals surface area (Å²) in [5.41, 5.74) is 0.714. The Kier molecular flexibility index (Phi) is 3.94. The van der Waals surface area contributed by atoms with E-state index in [0.29, 0.717) is 35.3 Å². The molecule has 0 aliphatic heterocycles. The number of benzene rings is 1. The van der Waals surface area contributed by atoms with Gasteiger partial charge in [-0.15, -0.1) is 0 Å². The lowest BCUT2D eigenvalue weighted by Gasteiger charge is -2.03. The van der Waals surface area contributed by atoms with E-state index in [9.17, 15) is 4.79 Å². The van der Waals surface area contributed by atoms with Gasteiger partial charge < -0.3 is 9.84 Å². The zero-order valence-electron chi connectivity index (χ0n) is 9.81. The Morgan fingerprint density at radius 2 is 2.11 bits per heavy atom. The maximum absolute atomic E-state index is 11.6. The van der Waals surface area contributed by atoms with Crippen molar-refractivity contribution < 1.29 is 9.32 Å². The number of carbonyl (C=O) groups is 1. The van der Waals surface area contributed by atoms with Crippen molar-refractivity contribution in [2.45, 2.75) is 19.8 Å². The molecule has 0 aliphatic carbocycles. The van der Waals surface area contributed by atoms with Crippen LogP contribution in [-0.4, -0.2) is 16.0 Å². The molecular weight excluding hydrogens is 254 g/mol. The molecule has 0 radical (unpaired) electrons. The predicted octanol–water partition coefficient (Wildman–Crippen LogP) is 2.60. The van der Waals surface area contributed by atoms with Crippen LogP contribution >= 0.6 is 11.6 Å². The number of nitrogens with one attached hydrogen (secondary N) is 1. The van der Waals surface area contributed by atoms with E-state index in [4.69, 9.17) is 16.1 Å². The number of hydrogen-bond donors (Lipinski definition) is 1. The van der Waals surface area contributed by atoms with E-state index >= 15 is 0 Å². The summed E-state index contributed by atoms with van der Waals surface area (Å²) in [6, 6.07) is 6.94. The molecule has 2 aromatic rings. The van der Waals surface area contributed by atoms with Gasteiger partial charge in [-0.25, -0.2) is 0 Å². The average Bonchev–Trinajstić information content (AvgIpc) is 2.76. The van der Waals surface area contributed by atoms with Crippen LogP contribution in [-0.2, 0) is 11.2 Å². The van der Waals surface area contributed by atoms with Gasteiger partial charge in [-0.1, -0.05) is 16.8 Å². The van der Waals surface area contributed by atoms with Crippen molar-refractivity contribution in [1.82, 2.24) is 10.1 Å². The summed E-state index contributed by atoms with van der Waals surface area (Å²) in [5.74, 6) is 0.940. The monoisotopic (exact) mass is 265 g/mol. The van der Waals surface area contributed by atoms with Crippen LogP contribution in [0.25, 0.3) is 0 Å². The smallest absolute Gasteiger partial charge is 0.227 e. The summed E-state index contributed by atoms with van der Waals surface area (Å²) >= 11 is 5.75. The Balaban J connectivity index is 1.83. The highest BCUT2D eigenvalue weighted by Gasteiger charge is 2.07. The van der Waals surface area contributed by atoms with Crippen LogP contribution in [0.1, 0.15) is 18.1 Å². The minimum atomic E-state index is -0.104. The molecule has 0 saturated carbocycles. The molecule has 0 bridgehead atoms. The maximum Gasteiger partial charge on any atom is 0.227 e. The van der Waals surface area contributed by atoms with E-state index < -0.39 is 0 Å². The molecule has 1 N–H and O–H groups in total. The van der Waals surface area contributed by atoms with Gasteiger partial charge in [0.25, 0.3) is 0 Å². The highest BCUT2D eigenvalue weighted by Crippen LogP contribution is 2.13. The summed E-state index contributed by atoms with van der Waals surface area (Å²) in [6.07, 6.45) is 0.727. The molecule has 1 heterocycles. The normalized spacial score (nSPS) is 10.3. The molecule has 0 unspecified atom stereocenters. The van der Waals surface area contributed by atoms with Gasteiger partial charge in [0.05, 0.1) is 0 Å². The number of aryl methyl sites for hydroxylation is 2. The summed E-state index contributed by atoms with van der Waals surface area (Å²) in [6.45, 7) is 1.74. The number of amides is 1. The number of aromatic nitrogens is 2. The predicted molar refractivity (Wildman–Crippen MR) is 67.4 cm³/mol. The second-order valence-corrected chi connectivity index (χ2v) is 4.23. The minimum Gasteiger partial charge on any atom is -0.339 e. The lowest BCUT2D eigenvalue weighted by molar-refractivity contribution is -0.116. The molecule has 5 nitrogen and oxygen atoms in total. The van der Waals surface area contributed by atoms with Crippen LogP contribution in [0.3, 0.4) is 0 Å². The van der Waals surface area contributed by atoms with Crippen LogP contribution in [0, 0.1) is 6.92 Å². The number of hydrogen-bond acceptors (Lipinski definition) is 4. The zero-order valence-corrected chi connectivity index (χ0v) is 10.6. The van der Waals surface area contributed by atoms with Crippen LogP contribution in [0.15, 0.2) is 28.8 Å². The van der Waals surface area contributed by atoms with Gasteiger partial charge in [0.15, 0.2) is 5.82 Å². The van der Waals surface area contributed by atoms with Crippen LogP contribution in [0.4, 0.5) is 5.69 Å². The fraction of sp³-hybridized carbons (Fsp3) is 0.250. The summed E-state index contributed by atoms with van der Waals surface area (Å²) in [5, 5.41) is 7.05. The number of rotatable bonds is 4. The van der Waals surface area contributed by atoms with E-state index in [-0.39, 0.29) is 5.91 Å². The van der Waals surface area contributed by atoms with Gasteiger partial charge in [0.2, 0.25) is 11.8 Å². The maximum atomic E-state index is 11.6. The lowest BCUT2D eigenvalue weighted by atomic mass is 10.2. The van der Waals surface area contributed by atoms with E-state index in [1.54, 1.807) is 31.2 Å². The third kappa shape index (κ3) is 3.56. The first-order valence-corrected chi connectivity index (χ1v) is 5.86. The van der Waals surface area contributed by atoms with Crippen molar-refractivity contribution in [3.8, 4) is 0 Å². The summed E-state index contributed by atoms with van der Waals surface area (Å²) < 4.78 is 4.92. The second-order valence-electron chi connectivity index (χ2n) is 3.79. The Labute approximate surface area is 109 Å². The third-order valence-electron chi connectivity index (χ3n) is 2.26. The van der Waals surface area contributed by atoms with E-state index in [0.717, 1.165) is 0 Å². The highest BCUT2D eigenvalue weighted by molar-refractivity contribution is 6.30. The second kappa shape index (κ2) is 5.64. The zero-order chi connectivity index (χ0) is 13.0. The van der Waals surface area contributed by atoms with Crippen LogP contribution in [0.2, 0.25) is 5.02 Å². The first-order chi connectivity index (χ1) is 8.63. The molecule has 0 atom stereocenters. The Morgan fingerprint density at radius 3 is 2.72 bits per heavy atom. The van der Waals surface area contributed by atoms with Gasteiger partial charge in [-0.2, -0.15) is 4.98 Å². The molecule has 0 aliphatic rings. The van der Waals surface area contributed by atoms with Gasteiger partial charge in [-0.05, 0) is 31.2 Å². The summed E-state index contributed by atoms with van der Waals surface area (Å²) in [7, 11) is 0. The highest BCUT2D eigenvalue weighted by atomic mass is 35.5. The molecule has 1 aromatic heterocycles. The minimum absolute atomic E-state index is 0.104. The van der Waals surface area contributed by atoms with Gasteiger partial charge >= 0.3 is 0 Å². The number of carbonyl (C=O) groups excluding carboxylic acids is 1.